The van der Waals surface area contributed by atoms with Crippen LogP contribution in [0, 0.1) is 17.8 Å². The van der Waals surface area contributed by atoms with Gasteiger partial charge < -0.3 is 5.32 Å². The zero-order valence-corrected chi connectivity index (χ0v) is 12.4. The van der Waals surface area contributed by atoms with Gasteiger partial charge in [0.05, 0.1) is 0 Å². The van der Waals surface area contributed by atoms with Gasteiger partial charge in [0.25, 0.3) is 0 Å². The molecule has 2 aliphatic heterocycles. The number of carbonyl (C=O) groups is 1. The van der Waals surface area contributed by atoms with Crippen LogP contribution in [0.25, 0.3) is 0 Å². The van der Waals surface area contributed by atoms with E-state index in [1.807, 2.05) is 0 Å². The normalized spacial score (nSPS) is 42.3. The van der Waals surface area contributed by atoms with E-state index in [4.69, 9.17) is 0 Å². The number of hydrogen-bond donors (Lipinski definition) is 1. The molecule has 4 unspecified atom stereocenters. The second-order valence-electron chi connectivity index (χ2n) is 7.21. The van der Waals surface area contributed by atoms with Crippen LogP contribution in [0.3, 0.4) is 0 Å². The molecule has 2 bridgehead atoms. The predicted octanol–water partition coefficient (Wildman–Crippen LogP) is 3.69. The Morgan fingerprint density at radius 1 is 1.05 bits per heavy atom. The van der Waals surface area contributed by atoms with Crippen LogP contribution < -0.4 is 5.32 Å². The van der Waals surface area contributed by atoms with Crippen molar-refractivity contribution < 1.29 is 4.79 Å². The van der Waals surface area contributed by atoms with E-state index >= 15 is 0 Å². The lowest BCUT2D eigenvalue weighted by Gasteiger charge is -2.33. The summed E-state index contributed by atoms with van der Waals surface area (Å²) in [7, 11) is 0. The van der Waals surface area contributed by atoms with Crippen molar-refractivity contribution in [3.05, 3.63) is 0 Å². The van der Waals surface area contributed by atoms with Gasteiger partial charge in [-0.1, -0.05) is 26.2 Å². The third-order valence-electron chi connectivity index (χ3n) is 5.91. The van der Waals surface area contributed by atoms with Gasteiger partial charge in [-0.05, 0) is 50.4 Å². The van der Waals surface area contributed by atoms with Gasteiger partial charge in [-0.2, -0.15) is 0 Å². The highest BCUT2D eigenvalue weighted by molar-refractivity contribution is 5.81. The molecule has 3 fully saturated rings. The summed E-state index contributed by atoms with van der Waals surface area (Å²) < 4.78 is 0. The number of piperidine rings is 1. The maximum Gasteiger partial charge on any atom is 0.136 e. The Morgan fingerprint density at radius 2 is 1.74 bits per heavy atom. The molecule has 0 spiro atoms. The van der Waals surface area contributed by atoms with E-state index in [2.05, 4.69) is 12.2 Å². The van der Waals surface area contributed by atoms with Gasteiger partial charge >= 0.3 is 0 Å². The van der Waals surface area contributed by atoms with Crippen molar-refractivity contribution in [2.24, 2.45) is 17.8 Å². The largest absolute Gasteiger partial charge is 0.311 e. The van der Waals surface area contributed by atoms with Crippen LogP contribution in [0.1, 0.15) is 71.1 Å². The Hall–Kier alpha value is -0.370. The van der Waals surface area contributed by atoms with Crippen molar-refractivity contribution in [2.45, 2.75) is 83.2 Å². The third-order valence-corrected chi connectivity index (χ3v) is 5.91. The molecule has 0 amide bonds. The molecule has 0 aromatic rings. The fraction of sp³-hybridized carbons (Fsp3) is 0.941. The fourth-order valence-electron chi connectivity index (χ4n) is 4.90. The Morgan fingerprint density at radius 3 is 2.42 bits per heavy atom. The third kappa shape index (κ3) is 3.04. The van der Waals surface area contributed by atoms with E-state index in [1.165, 1.54) is 57.8 Å². The van der Waals surface area contributed by atoms with Gasteiger partial charge in [0.1, 0.15) is 5.78 Å². The topological polar surface area (TPSA) is 29.1 Å². The van der Waals surface area contributed by atoms with Gasteiger partial charge in [0.15, 0.2) is 0 Å². The number of nitrogens with one attached hydrogen (secondary N) is 1. The highest BCUT2D eigenvalue weighted by Crippen LogP contribution is 2.37. The highest BCUT2D eigenvalue weighted by Gasteiger charge is 2.36. The van der Waals surface area contributed by atoms with Gasteiger partial charge in [0, 0.05) is 24.4 Å². The van der Waals surface area contributed by atoms with Crippen LogP contribution >= 0.6 is 0 Å². The molecule has 2 heterocycles. The van der Waals surface area contributed by atoms with Crippen LogP contribution in [0.5, 0.6) is 0 Å². The van der Waals surface area contributed by atoms with Crippen molar-refractivity contribution in [3.63, 3.8) is 0 Å². The van der Waals surface area contributed by atoms with E-state index in [-0.39, 0.29) is 0 Å². The van der Waals surface area contributed by atoms with Gasteiger partial charge in [-0.3, -0.25) is 4.79 Å². The van der Waals surface area contributed by atoms with E-state index in [0.29, 0.717) is 23.5 Å². The summed E-state index contributed by atoms with van der Waals surface area (Å²) in [5, 5.41) is 3.68. The first-order valence-corrected chi connectivity index (χ1v) is 8.55. The standard InChI is InChI=1S/C17H29NO/c1-2-13-5-3-4-6-16(13)17(19)11-12-9-14-7-8-15(10-12)18-14/h12-16,18H,2-11H2,1H3. The number of Topliss-reactive ketones (excluding diaryl/α,β-unsaturated/α-hetero) is 1. The van der Waals surface area contributed by atoms with E-state index in [0.717, 1.165) is 18.5 Å². The number of rotatable bonds is 4. The van der Waals surface area contributed by atoms with E-state index < -0.39 is 0 Å². The predicted molar refractivity (Wildman–Crippen MR) is 78.0 cm³/mol. The molecule has 0 aromatic heterocycles. The average molecular weight is 263 g/mol. The van der Waals surface area contributed by atoms with E-state index in [1.54, 1.807) is 0 Å². The zero-order chi connectivity index (χ0) is 13.2. The molecule has 108 valence electrons. The Bertz CT molecular complexity index is 315. The lowest BCUT2D eigenvalue weighted by Crippen LogP contribution is -2.39. The maximum atomic E-state index is 12.6. The number of hydrogen-bond acceptors (Lipinski definition) is 2. The second-order valence-corrected chi connectivity index (χ2v) is 7.21. The van der Waals surface area contributed by atoms with Gasteiger partial charge in [0.2, 0.25) is 0 Å². The van der Waals surface area contributed by atoms with Crippen molar-refractivity contribution in [1.29, 1.82) is 0 Å². The minimum absolute atomic E-state index is 0.409. The van der Waals surface area contributed by atoms with Crippen LogP contribution in [-0.2, 0) is 4.79 Å². The molecule has 0 radical (unpaired) electrons. The molecule has 4 atom stereocenters. The minimum Gasteiger partial charge on any atom is -0.311 e. The lowest BCUT2D eigenvalue weighted by molar-refractivity contribution is -0.126. The number of carbonyl (C=O) groups excluding carboxylic acids is 1. The quantitative estimate of drug-likeness (QED) is 0.838. The Balaban J connectivity index is 1.55. The first-order chi connectivity index (χ1) is 9.26. The molecule has 2 nitrogen and oxygen atoms in total. The molecule has 3 aliphatic rings. The highest BCUT2D eigenvalue weighted by atomic mass is 16.1. The summed E-state index contributed by atoms with van der Waals surface area (Å²) in [5.74, 6) is 2.40. The fourth-order valence-corrected chi connectivity index (χ4v) is 4.90. The molecule has 1 aliphatic carbocycles. The summed E-state index contributed by atoms with van der Waals surface area (Å²) >= 11 is 0. The first-order valence-electron chi connectivity index (χ1n) is 8.55. The molecule has 0 aromatic carbocycles. The molecule has 2 heteroatoms. The summed E-state index contributed by atoms with van der Waals surface area (Å²) in [4.78, 5) is 12.6. The van der Waals surface area contributed by atoms with Crippen LogP contribution in [0.15, 0.2) is 0 Å². The van der Waals surface area contributed by atoms with Crippen molar-refractivity contribution in [3.8, 4) is 0 Å². The minimum atomic E-state index is 0.409. The van der Waals surface area contributed by atoms with E-state index in [9.17, 15) is 4.79 Å². The number of fused-ring (bicyclic) bond motifs is 2. The maximum absolute atomic E-state index is 12.6. The van der Waals surface area contributed by atoms with Crippen LogP contribution in [0.4, 0.5) is 0 Å². The summed E-state index contributed by atoms with van der Waals surface area (Å²) in [6, 6.07) is 1.45. The smallest absolute Gasteiger partial charge is 0.136 e. The monoisotopic (exact) mass is 263 g/mol. The molecule has 1 saturated carbocycles. The lowest BCUT2D eigenvalue weighted by atomic mass is 9.73. The van der Waals surface area contributed by atoms with Gasteiger partial charge in [-0.15, -0.1) is 0 Å². The molecule has 3 rings (SSSR count). The second kappa shape index (κ2) is 5.95. The Kier molecular flexibility index (Phi) is 4.26. The zero-order valence-electron chi connectivity index (χ0n) is 12.4. The molecule has 1 N–H and O–H groups in total. The molecular formula is C17H29NO. The molecule has 19 heavy (non-hydrogen) atoms. The first kappa shape index (κ1) is 13.6. The SMILES string of the molecule is CCC1CCCCC1C(=O)CC1CC2CCC(C1)N2. The summed E-state index contributed by atoms with van der Waals surface area (Å²) in [5.41, 5.74) is 0. The molecule has 2 saturated heterocycles. The average Bonchev–Trinajstić information content (AvgIpc) is 2.78. The summed E-state index contributed by atoms with van der Waals surface area (Å²) in [6.45, 7) is 2.26. The van der Waals surface area contributed by atoms with Crippen LogP contribution in [0.2, 0.25) is 0 Å². The van der Waals surface area contributed by atoms with Crippen molar-refractivity contribution in [2.75, 3.05) is 0 Å². The van der Waals surface area contributed by atoms with Crippen LogP contribution in [-0.4, -0.2) is 17.9 Å². The van der Waals surface area contributed by atoms with Crippen molar-refractivity contribution >= 4 is 5.78 Å². The van der Waals surface area contributed by atoms with Gasteiger partial charge in [-0.25, -0.2) is 0 Å². The van der Waals surface area contributed by atoms with Crippen molar-refractivity contribution in [1.82, 2.24) is 5.32 Å². The number of ketones is 1. The Labute approximate surface area is 117 Å². The molecular weight excluding hydrogens is 234 g/mol. The summed E-state index contributed by atoms with van der Waals surface area (Å²) in [6.07, 6.45) is 12.4.